The van der Waals surface area contributed by atoms with E-state index in [2.05, 4.69) is 19.9 Å². The van der Waals surface area contributed by atoms with Crippen LogP contribution >= 0.6 is 23.2 Å². The first-order valence-corrected chi connectivity index (χ1v) is 10.1. The summed E-state index contributed by atoms with van der Waals surface area (Å²) < 4.78 is 5.46. The molecule has 0 N–H and O–H groups in total. The molecule has 2 aromatic rings. The van der Waals surface area contributed by atoms with Crippen molar-refractivity contribution in [2.75, 3.05) is 31.1 Å². The highest BCUT2D eigenvalue weighted by atomic mass is 35.5. The highest BCUT2D eigenvalue weighted by Gasteiger charge is 2.48. The third-order valence-electron chi connectivity index (χ3n) is 5.34. The maximum Gasteiger partial charge on any atom is 0.410 e. The number of rotatable bonds is 1. The lowest BCUT2D eigenvalue weighted by atomic mass is 9.72. The van der Waals surface area contributed by atoms with Crippen molar-refractivity contribution in [3.05, 3.63) is 22.6 Å². The predicted octanol–water partition coefficient (Wildman–Crippen LogP) is 4.17. The number of ether oxygens (including phenoxy) is 1. The van der Waals surface area contributed by atoms with Gasteiger partial charge < -0.3 is 14.5 Å². The Morgan fingerprint density at radius 1 is 1.18 bits per heavy atom. The van der Waals surface area contributed by atoms with Gasteiger partial charge in [0, 0.05) is 31.6 Å². The minimum Gasteiger partial charge on any atom is -0.444 e. The fourth-order valence-electron chi connectivity index (χ4n) is 3.91. The number of fused-ring (bicyclic) bond motifs is 1. The molecule has 2 fully saturated rings. The van der Waals surface area contributed by atoms with Gasteiger partial charge in [-0.1, -0.05) is 23.2 Å². The lowest BCUT2D eigenvalue weighted by Gasteiger charge is -2.53. The van der Waals surface area contributed by atoms with E-state index < -0.39 is 5.60 Å². The van der Waals surface area contributed by atoms with Crippen molar-refractivity contribution >= 4 is 46.1 Å². The summed E-state index contributed by atoms with van der Waals surface area (Å²) in [6, 6.07) is 1.78. The highest BCUT2D eigenvalue weighted by Crippen LogP contribution is 2.42. The fraction of sp³-hybridized carbons (Fsp3) is 0.579. The van der Waals surface area contributed by atoms with Crippen molar-refractivity contribution in [3.63, 3.8) is 0 Å². The number of carbonyl (C=O) groups excluding carboxylic acids is 1. The Labute approximate surface area is 174 Å². The molecule has 4 heterocycles. The minimum absolute atomic E-state index is 0.176. The van der Waals surface area contributed by atoms with Crippen LogP contribution in [0.4, 0.5) is 10.6 Å². The Morgan fingerprint density at radius 3 is 2.50 bits per heavy atom. The molecule has 0 radical (unpaired) electrons. The molecule has 9 heteroatoms. The van der Waals surface area contributed by atoms with Crippen LogP contribution in [-0.4, -0.2) is 57.7 Å². The zero-order valence-corrected chi connectivity index (χ0v) is 17.7. The summed E-state index contributed by atoms with van der Waals surface area (Å²) in [6.45, 7) is 8.88. The summed E-state index contributed by atoms with van der Waals surface area (Å²) in [5.41, 5.74) is 0.254. The zero-order chi connectivity index (χ0) is 20.1. The van der Waals surface area contributed by atoms with Gasteiger partial charge in [-0.05, 0) is 39.7 Å². The van der Waals surface area contributed by atoms with Crippen molar-refractivity contribution in [1.82, 2.24) is 19.9 Å². The highest BCUT2D eigenvalue weighted by molar-refractivity contribution is 6.41. The predicted molar refractivity (Wildman–Crippen MR) is 109 cm³/mol. The summed E-state index contributed by atoms with van der Waals surface area (Å²) in [7, 11) is 0. The molecule has 0 saturated carbocycles. The number of pyridine rings is 1. The molecule has 28 heavy (non-hydrogen) atoms. The number of nitrogens with zero attached hydrogens (tertiary/aromatic N) is 5. The molecule has 0 atom stereocenters. The van der Waals surface area contributed by atoms with Crippen LogP contribution in [0.15, 0.2) is 12.4 Å². The molecule has 0 aliphatic carbocycles. The second-order valence-electron chi connectivity index (χ2n) is 8.65. The third kappa shape index (κ3) is 3.70. The number of hydrogen-bond donors (Lipinski definition) is 0. The standard InChI is InChI=1S/C19H23Cl2N5O2/c1-18(2,3)28-17(27)26-9-19(10-26)4-6-25(7-5-19)16-12-8-13(20)14(21)24-15(12)22-11-23-16/h8,11H,4-7,9-10H2,1-3H3. The minimum atomic E-state index is -0.463. The Hall–Kier alpha value is -1.86. The van der Waals surface area contributed by atoms with Gasteiger partial charge in [-0.3, -0.25) is 0 Å². The van der Waals surface area contributed by atoms with Crippen LogP contribution in [0.1, 0.15) is 33.6 Å². The van der Waals surface area contributed by atoms with Gasteiger partial charge in [0.1, 0.15) is 22.9 Å². The van der Waals surface area contributed by atoms with Crippen molar-refractivity contribution in [3.8, 4) is 0 Å². The maximum atomic E-state index is 12.2. The molecule has 0 aromatic carbocycles. The van der Waals surface area contributed by atoms with Gasteiger partial charge in [0.05, 0.1) is 10.4 Å². The molecule has 150 valence electrons. The van der Waals surface area contributed by atoms with Crippen molar-refractivity contribution in [2.24, 2.45) is 5.41 Å². The molecular formula is C19H23Cl2N5O2. The van der Waals surface area contributed by atoms with Gasteiger partial charge in [0.2, 0.25) is 0 Å². The van der Waals surface area contributed by atoms with Crippen molar-refractivity contribution < 1.29 is 9.53 Å². The Balaban J connectivity index is 1.43. The van der Waals surface area contributed by atoms with Crippen LogP contribution in [0.5, 0.6) is 0 Å². The van der Waals surface area contributed by atoms with E-state index in [9.17, 15) is 4.79 Å². The molecular weight excluding hydrogens is 401 g/mol. The van der Waals surface area contributed by atoms with E-state index in [1.54, 1.807) is 11.0 Å². The van der Waals surface area contributed by atoms with Crippen LogP contribution in [0, 0.1) is 5.41 Å². The molecule has 7 nitrogen and oxygen atoms in total. The van der Waals surface area contributed by atoms with E-state index in [4.69, 9.17) is 27.9 Å². The van der Waals surface area contributed by atoms with Gasteiger partial charge in [-0.2, -0.15) is 0 Å². The van der Waals surface area contributed by atoms with Gasteiger partial charge in [0.25, 0.3) is 0 Å². The SMILES string of the molecule is CC(C)(C)OC(=O)N1CC2(CCN(c3ncnc4nc(Cl)c(Cl)cc34)CC2)C1. The topological polar surface area (TPSA) is 71.5 Å². The monoisotopic (exact) mass is 423 g/mol. The lowest BCUT2D eigenvalue weighted by Crippen LogP contribution is -2.62. The average Bonchev–Trinajstić information content (AvgIpc) is 2.59. The fourth-order valence-corrected chi connectivity index (χ4v) is 4.19. The number of likely N-dealkylation sites (tertiary alicyclic amines) is 1. The Kier molecular flexibility index (Phi) is 4.78. The first-order chi connectivity index (χ1) is 13.2. The first kappa shape index (κ1) is 19.5. The molecule has 2 saturated heterocycles. The summed E-state index contributed by atoms with van der Waals surface area (Å²) in [6.07, 6.45) is 3.27. The number of hydrogen-bond acceptors (Lipinski definition) is 6. The van der Waals surface area contributed by atoms with Gasteiger partial charge >= 0.3 is 6.09 Å². The molecule has 4 rings (SSSR count). The molecule has 1 amide bonds. The first-order valence-electron chi connectivity index (χ1n) is 9.35. The van der Waals surface area contributed by atoms with Crippen LogP contribution in [0.3, 0.4) is 0 Å². The van der Waals surface area contributed by atoms with Crippen LogP contribution in [-0.2, 0) is 4.74 Å². The van der Waals surface area contributed by atoms with Gasteiger partial charge in [-0.25, -0.2) is 19.7 Å². The van der Waals surface area contributed by atoms with Crippen LogP contribution in [0.2, 0.25) is 10.2 Å². The maximum absolute atomic E-state index is 12.2. The second kappa shape index (κ2) is 6.88. The molecule has 2 aromatic heterocycles. The number of aromatic nitrogens is 3. The summed E-state index contributed by atoms with van der Waals surface area (Å²) in [5.74, 6) is 0.828. The number of halogens is 2. The smallest absolute Gasteiger partial charge is 0.410 e. The molecule has 0 unspecified atom stereocenters. The molecule has 1 spiro atoms. The van der Waals surface area contributed by atoms with E-state index in [1.165, 1.54) is 6.33 Å². The number of anilines is 1. The van der Waals surface area contributed by atoms with E-state index in [0.717, 1.165) is 50.2 Å². The third-order valence-corrected chi connectivity index (χ3v) is 6.01. The van der Waals surface area contributed by atoms with Crippen molar-refractivity contribution in [1.29, 1.82) is 0 Å². The second-order valence-corrected chi connectivity index (χ2v) is 9.42. The van der Waals surface area contributed by atoms with Crippen LogP contribution < -0.4 is 4.90 Å². The normalized spacial score (nSPS) is 19.0. The summed E-state index contributed by atoms with van der Waals surface area (Å²) >= 11 is 12.2. The summed E-state index contributed by atoms with van der Waals surface area (Å²) in [4.78, 5) is 29.1. The number of piperidine rings is 1. The number of carbonyl (C=O) groups is 1. The number of amides is 1. The Bertz CT molecular complexity index is 914. The zero-order valence-electron chi connectivity index (χ0n) is 16.2. The van der Waals surface area contributed by atoms with E-state index >= 15 is 0 Å². The van der Waals surface area contributed by atoms with Crippen molar-refractivity contribution in [2.45, 2.75) is 39.2 Å². The van der Waals surface area contributed by atoms with Gasteiger partial charge in [0.15, 0.2) is 5.65 Å². The van der Waals surface area contributed by atoms with E-state index in [0.29, 0.717) is 10.7 Å². The molecule has 0 bridgehead atoms. The van der Waals surface area contributed by atoms with Gasteiger partial charge in [-0.15, -0.1) is 0 Å². The van der Waals surface area contributed by atoms with E-state index in [-0.39, 0.29) is 16.7 Å². The molecule has 2 aliphatic heterocycles. The van der Waals surface area contributed by atoms with E-state index in [1.807, 2.05) is 20.8 Å². The quantitative estimate of drug-likeness (QED) is 0.640. The van der Waals surface area contributed by atoms with Crippen LogP contribution in [0.25, 0.3) is 11.0 Å². The Morgan fingerprint density at radius 2 is 1.86 bits per heavy atom. The largest absolute Gasteiger partial charge is 0.444 e. The molecule has 2 aliphatic rings. The lowest BCUT2D eigenvalue weighted by molar-refractivity contribution is -0.0434. The summed E-state index contributed by atoms with van der Waals surface area (Å²) in [5, 5.41) is 1.44. The average molecular weight is 424 g/mol.